The molecule has 0 unspecified atom stereocenters. The van der Waals surface area contributed by atoms with E-state index in [9.17, 15) is 9.59 Å². The van der Waals surface area contributed by atoms with Crippen molar-refractivity contribution in [3.05, 3.63) is 65.6 Å². The van der Waals surface area contributed by atoms with Crippen molar-refractivity contribution in [2.75, 3.05) is 37.7 Å². The largest absolute Gasteiger partial charge is 0.462 e. The monoisotopic (exact) mass is 447 g/mol. The molecule has 1 aromatic carbocycles. The van der Waals surface area contributed by atoms with Gasteiger partial charge in [-0.25, -0.2) is 14.8 Å². The fourth-order valence-electron chi connectivity index (χ4n) is 4.41. The zero-order valence-corrected chi connectivity index (χ0v) is 19.3. The lowest BCUT2D eigenvalue weighted by atomic mass is 10.1. The molecule has 8 heteroatoms. The van der Waals surface area contributed by atoms with Crippen molar-refractivity contribution in [1.82, 2.24) is 19.4 Å². The molecule has 4 rings (SSSR count). The minimum Gasteiger partial charge on any atom is -0.462 e. The predicted molar refractivity (Wildman–Crippen MR) is 126 cm³/mol. The minimum atomic E-state index is -0.354. The van der Waals surface area contributed by atoms with Crippen LogP contribution in [0.5, 0.6) is 0 Å². The van der Waals surface area contributed by atoms with Crippen LogP contribution in [0.25, 0.3) is 11.3 Å². The number of hydrogen-bond acceptors (Lipinski definition) is 6. The molecule has 0 atom stereocenters. The molecule has 33 heavy (non-hydrogen) atoms. The van der Waals surface area contributed by atoms with Crippen LogP contribution in [-0.4, -0.2) is 64.1 Å². The van der Waals surface area contributed by atoms with Gasteiger partial charge in [-0.15, -0.1) is 0 Å². The number of aromatic nitrogens is 3. The number of amides is 1. The van der Waals surface area contributed by atoms with E-state index in [2.05, 4.69) is 14.9 Å². The van der Waals surface area contributed by atoms with E-state index < -0.39 is 0 Å². The number of rotatable bonds is 6. The van der Waals surface area contributed by atoms with E-state index in [0.29, 0.717) is 44.3 Å². The lowest BCUT2D eigenvalue weighted by molar-refractivity contribution is -0.132. The molecule has 0 radical (unpaired) electrons. The third-order valence-corrected chi connectivity index (χ3v) is 6.05. The molecule has 0 saturated carbocycles. The lowest BCUT2D eigenvalue weighted by Gasteiger charge is -2.35. The minimum absolute atomic E-state index is 0.0225. The molecule has 1 saturated heterocycles. The van der Waals surface area contributed by atoms with Crippen LogP contribution in [0, 0.1) is 13.8 Å². The first-order valence-electron chi connectivity index (χ1n) is 11.2. The van der Waals surface area contributed by atoms with Crippen LogP contribution in [0.15, 0.2) is 48.8 Å². The third kappa shape index (κ3) is 4.60. The Morgan fingerprint density at radius 1 is 0.970 bits per heavy atom. The number of carbonyl (C=O) groups excluding carboxylic acids is 2. The summed E-state index contributed by atoms with van der Waals surface area (Å²) >= 11 is 0. The Balaban J connectivity index is 1.58. The van der Waals surface area contributed by atoms with Gasteiger partial charge >= 0.3 is 5.97 Å². The van der Waals surface area contributed by atoms with Gasteiger partial charge in [-0.05, 0) is 38.0 Å². The maximum atomic E-state index is 13.3. The summed E-state index contributed by atoms with van der Waals surface area (Å²) in [6, 6.07) is 11.6. The number of benzene rings is 1. The van der Waals surface area contributed by atoms with Gasteiger partial charge in [0.15, 0.2) is 0 Å². The second kappa shape index (κ2) is 9.85. The summed E-state index contributed by atoms with van der Waals surface area (Å²) in [7, 11) is 0. The second-order valence-electron chi connectivity index (χ2n) is 8.02. The first kappa shape index (κ1) is 22.5. The van der Waals surface area contributed by atoms with E-state index >= 15 is 0 Å². The van der Waals surface area contributed by atoms with Crippen LogP contribution < -0.4 is 4.90 Å². The lowest BCUT2D eigenvalue weighted by Crippen LogP contribution is -2.50. The van der Waals surface area contributed by atoms with Crippen LogP contribution in [0.3, 0.4) is 0 Å². The van der Waals surface area contributed by atoms with E-state index in [1.807, 2.05) is 53.6 Å². The second-order valence-corrected chi connectivity index (χ2v) is 8.02. The zero-order chi connectivity index (χ0) is 23.4. The molecule has 0 N–H and O–H groups in total. The predicted octanol–water partition coefficient (Wildman–Crippen LogP) is 3.09. The van der Waals surface area contributed by atoms with Gasteiger partial charge in [0.25, 0.3) is 0 Å². The summed E-state index contributed by atoms with van der Waals surface area (Å²) in [5.74, 6) is 0.355. The van der Waals surface area contributed by atoms with Gasteiger partial charge in [-0.3, -0.25) is 4.79 Å². The van der Waals surface area contributed by atoms with Crippen LogP contribution in [0.2, 0.25) is 0 Å². The highest BCUT2D eigenvalue weighted by Crippen LogP contribution is 2.32. The van der Waals surface area contributed by atoms with Crippen molar-refractivity contribution in [1.29, 1.82) is 0 Å². The van der Waals surface area contributed by atoms with Crippen molar-refractivity contribution >= 4 is 17.8 Å². The molecular formula is C25H29N5O3. The Morgan fingerprint density at radius 3 is 2.27 bits per heavy atom. The van der Waals surface area contributed by atoms with E-state index in [1.165, 1.54) is 0 Å². The molecule has 0 spiro atoms. The highest BCUT2D eigenvalue weighted by Gasteiger charge is 2.28. The van der Waals surface area contributed by atoms with Crippen molar-refractivity contribution in [3.63, 3.8) is 0 Å². The number of carbonyl (C=O) groups is 2. The standard InChI is InChI=1S/C25H29N5O3/c1-4-33-24(32)22-18(2)23(20-9-6-5-7-10-20)30(19(22)3)17-21(31)28-13-15-29(16-14-28)25-26-11-8-12-27-25/h5-12H,4,13-17H2,1-3H3. The molecular weight excluding hydrogens is 418 g/mol. The highest BCUT2D eigenvalue weighted by atomic mass is 16.5. The fraction of sp³-hybridized carbons (Fsp3) is 0.360. The normalized spacial score (nSPS) is 13.8. The van der Waals surface area contributed by atoms with E-state index in [-0.39, 0.29) is 18.4 Å². The van der Waals surface area contributed by atoms with Crippen LogP contribution in [-0.2, 0) is 16.1 Å². The molecule has 1 aliphatic rings. The van der Waals surface area contributed by atoms with Gasteiger partial charge in [0.2, 0.25) is 11.9 Å². The van der Waals surface area contributed by atoms with Gasteiger partial charge in [0.1, 0.15) is 6.54 Å². The average molecular weight is 448 g/mol. The number of nitrogens with zero attached hydrogens (tertiary/aromatic N) is 5. The fourth-order valence-corrected chi connectivity index (χ4v) is 4.41. The Hall–Kier alpha value is -3.68. The summed E-state index contributed by atoms with van der Waals surface area (Å²) in [6.07, 6.45) is 3.45. The summed E-state index contributed by atoms with van der Waals surface area (Å²) in [6.45, 7) is 8.61. The van der Waals surface area contributed by atoms with Gasteiger partial charge in [-0.2, -0.15) is 0 Å². The molecule has 1 amide bonds. The maximum absolute atomic E-state index is 13.3. The Labute approximate surface area is 193 Å². The summed E-state index contributed by atoms with van der Waals surface area (Å²) in [5.41, 5.74) is 3.95. The maximum Gasteiger partial charge on any atom is 0.340 e. The molecule has 8 nitrogen and oxygen atoms in total. The quantitative estimate of drug-likeness (QED) is 0.540. The van der Waals surface area contributed by atoms with Crippen molar-refractivity contribution < 1.29 is 14.3 Å². The molecule has 0 aliphatic carbocycles. The van der Waals surface area contributed by atoms with Crippen molar-refractivity contribution in [2.24, 2.45) is 0 Å². The molecule has 172 valence electrons. The Bertz CT molecular complexity index is 1120. The van der Waals surface area contributed by atoms with Crippen LogP contribution in [0.4, 0.5) is 5.95 Å². The Kier molecular flexibility index (Phi) is 6.72. The molecule has 3 heterocycles. The van der Waals surface area contributed by atoms with Gasteiger partial charge in [0.05, 0.1) is 17.9 Å². The van der Waals surface area contributed by atoms with Gasteiger partial charge in [-0.1, -0.05) is 30.3 Å². The van der Waals surface area contributed by atoms with Crippen molar-refractivity contribution in [3.8, 4) is 11.3 Å². The van der Waals surface area contributed by atoms with Crippen molar-refractivity contribution in [2.45, 2.75) is 27.3 Å². The first-order chi connectivity index (χ1) is 16.0. The molecule has 1 fully saturated rings. The van der Waals surface area contributed by atoms with Crippen LogP contribution in [0.1, 0.15) is 28.5 Å². The Morgan fingerprint density at radius 2 is 1.64 bits per heavy atom. The number of anilines is 1. The number of ether oxygens (including phenoxy) is 1. The SMILES string of the molecule is CCOC(=O)c1c(C)c(-c2ccccc2)n(CC(=O)N2CCN(c3ncccn3)CC2)c1C. The number of hydrogen-bond donors (Lipinski definition) is 0. The van der Waals surface area contributed by atoms with E-state index in [4.69, 9.17) is 4.74 Å². The van der Waals surface area contributed by atoms with E-state index in [0.717, 1.165) is 22.5 Å². The molecule has 0 bridgehead atoms. The molecule has 1 aliphatic heterocycles. The van der Waals surface area contributed by atoms with Gasteiger partial charge in [0, 0.05) is 44.3 Å². The highest BCUT2D eigenvalue weighted by molar-refractivity contribution is 5.95. The summed E-state index contributed by atoms with van der Waals surface area (Å²) in [5, 5.41) is 0. The van der Waals surface area contributed by atoms with E-state index in [1.54, 1.807) is 25.4 Å². The topological polar surface area (TPSA) is 80.6 Å². The molecule has 3 aromatic rings. The van der Waals surface area contributed by atoms with Gasteiger partial charge < -0.3 is 19.1 Å². The first-order valence-corrected chi connectivity index (χ1v) is 11.2. The number of piperazine rings is 1. The summed E-state index contributed by atoms with van der Waals surface area (Å²) < 4.78 is 7.25. The zero-order valence-electron chi connectivity index (χ0n) is 19.3. The average Bonchev–Trinajstić information content (AvgIpc) is 3.09. The third-order valence-electron chi connectivity index (χ3n) is 6.05. The molecule has 2 aromatic heterocycles. The smallest absolute Gasteiger partial charge is 0.340 e. The summed E-state index contributed by atoms with van der Waals surface area (Å²) in [4.78, 5) is 38.6. The van der Waals surface area contributed by atoms with Crippen LogP contribution >= 0.6 is 0 Å². The number of esters is 1.